The first-order valence-corrected chi connectivity index (χ1v) is 10.9. The summed E-state index contributed by atoms with van der Waals surface area (Å²) in [5, 5.41) is 13.8. The van der Waals surface area contributed by atoms with Crippen molar-refractivity contribution >= 4 is 33.0 Å². The minimum atomic E-state index is -3.77. The SMILES string of the molecule is CCC(C(=O)Nc1cccc([N+](=O)[O-])c1C)N(c1cc(C)ccc1C)S(C)(=O)=O. The van der Waals surface area contributed by atoms with E-state index in [9.17, 15) is 23.3 Å². The van der Waals surface area contributed by atoms with Crippen LogP contribution in [0.3, 0.4) is 0 Å². The molecule has 1 N–H and O–H groups in total. The molecule has 2 aromatic carbocycles. The van der Waals surface area contributed by atoms with Crippen LogP contribution in [0.15, 0.2) is 36.4 Å². The molecular formula is C20H25N3O5S. The minimum absolute atomic E-state index is 0.120. The average molecular weight is 420 g/mol. The van der Waals surface area contributed by atoms with Crippen LogP contribution in [0.4, 0.5) is 17.1 Å². The number of nitrogens with one attached hydrogen (secondary N) is 1. The number of hydrogen-bond donors (Lipinski definition) is 1. The molecule has 156 valence electrons. The van der Waals surface area contributed by atoms with Crippen molar-refractivity contribution in [2.45, 2.75) is 40.2 Å². The zero-order chi connectivity index (χ0) is 21.9. The van der Waals surface area contributed by atoms with E-state index in [0.717, 1.165) is 21.7 Å². The number of amides is 1. The molecule has 0 spiro atoms. The third-order valence-electron chi connectivity index (χ3n) is 4.69. The fourth-order valence-corrected chi connectivity index (χ4v) is 4.43. The second kappa shape index (κ2) is 8.60. The highest BCUT2D eigenvalue weighted by molar-refractivity contribution is 7.92. The number of nitro groups is 1. The standard InChI is InChI=1S/C20H25N3O5S/c1-6-17(20(24)21-16-8-7-9-18(15(16)4)23(25)26)22(29(5,27)28)19-12-13(2)10-11-14(19)3/h7-12,17H,6H2,1-5H3,(H,21,24). The number of rotatable bonds is 7. The van der Waals surface area contributed by atoms with Gasteiger partial charge in [0.2, 0.25) is 15.9 Å². The molecule has 0 aliphatic carbocycles. The Balaban J connectivity index is 2.49. The van der Waals surface area contributed by atoms with Crippen molar-refractivity contribution in [1.29, 1.82) is 0 Å². The maximum absolute atomic E-state index is 13.0. The molecule has 0 aliphatic rings. The van der Waals surface area contributed by atoms with Gasteiger partial charge in [0.1, 0.15) is 6.04 Å². The van der Waals surface area contributed by atoms with Crippen LogP contribution in [-0.2, 0) is 14.8 Å². The number of sulfonamides is 1. The molecule has 0 aliphatic heterocycles. The first-order valence-electron chi connectivity index (χ1n) is 9.08. The number of anilines is 2. The summed E-state index contributed by atoms with van der Waals surface area (Å²) in [6.45, 7) is 6.88. The molecule has 2 aromatic rings. The molecule has 9 heteroatoms. The highest BCUT2D eigenvalue weighted by Gasteiger charge is 2.33. The topological polar surface area (TPSA) is 110 Å². The van der Waals surface area contributed by atoms with Gasteiger partial charge in [0.05, 0.1) is 28.1 Å². The van der Waals surface area contributed by atoms with Crippen LogP contribution in [-0.4, -0.2) is 31.5 Å². The van der Waals surface area contributed by atoms with Gasteiger partial charge in [0, 0.05) is 6.07 Å². The molecule has 0 bridgehead atoms. The van der Waals surface area contributed by atoms with Crippen molar-refractivity contribution in [3.63, 3.8) is 0 Å². The van der Waals surface area contributed by atoms with E-state index in [0.29, 0.717) is 11.3 Å². The molecule has 1 amide bonds. The lowest BCUT2D eigenvalue weighted by molar-refractivity contribution is -0.385. The first kappa shape index (κ1) is 22.4. The molecule has 1 unspecified atom stereocenters. The minimum Gasteiger partial charge on any atom is -0.324 e. The fraction of sp³-hybridized carbons (Fsp3) is 0.350. The van der Waals surface area contributed by atoms with Gasteiger partial charge in [-0.05, 0) is 50.5 Å². The molecule has 0 fully saturated rings. The van der Waals surface area contributed by atoms with Gasteiger partial charge in [-0.2, -0.15) is 0 Å². The second-order valence-corrected chi connectivity index (χ2v) is 8.83. The van der Waals surface area contributed by atoms with Crippen LogP contribution < -0.4 is 9.62 Å². The van der Waals surface area contributed by atoms with Gasteiger partial charge in [0.25, 0.3) is 5.69 Å². The summed E-state index contributed by atoms with van der Waals surface area (Å²) in [6.07, 6.45) is 1.28. The molecule has 29 heavy (non-hydrogen) atoms. The Morgan fingerprint density at radius 1 is 1.21 bits per heavy atom. The lowest BCUT2D eigenvalue weighted by Crippen LogP contribution is -2.47. The summed E-state index contributed by atoms with van der Waals surface area (Å²) in [5.74, 6) is -0.553. The van der Waals surface area contributed by atoms with E-state index in [1.54, 1.807) is 32.0 Å². The lowest BCUT2D eigenvalue weighted by atomic mass is 10.1. The summed E-state index contributed by atoms with van der Waals surface area (Å²) in [7, 11) is -3.77. The van der Waals surface area contributed by atoms with Crippen molar-refractivity contribution in [3.8, 4) is 0 Å². The number of nitro benzene ring substituents is 1. The third kappa shape index (κ3) is 4.92. The molecular weight excluding hydrogens is 394 g/mol. The predicted molar refractivity (Wildman–Crippen MR) is 114 cm³/mol. The van der Waals surface area contributed by atoms with Gasteiger partial charge in [-0.15, -0.1) is 0 Å². The van der Waals surface area contributed by atoms with Crippen LogP contribution >= 0.6 is 0 Å². The highest BCUT2D eigenvalue weighted by atomic mass is 32.2. The van der Waals surface area contributed by atoms with Gasteiger partial charge < -0.3 is 5.32 Å². The van der Waals surface area contributed by atoms with Gasteiger partial charge in [0.15, 0.2) is 0 Å². The Labute approximate surface area is 170 Å². The molecule has 0 aromatic heterocycles. The van der Waals surface area contributed by atoms with Crippen molar-refractivity contribution < 1.29 is 18.1 Å². The Hall–Kier alpha value is -2.94. The number of hydrogen-bond acceptors (Lipinski definition) is 5. The predicted octanol–water partition coefficient (Wildman–Crippen LogP) is 3.70. The quantitative estimate of drug-likeness (QED) is 0.543. The maximum atomic E-state index is 13.0. The van der Waals surface area contributed by atoms with Crippen LogP contribution in [0.2, 0.25) is 0 Å². The van der Waals surface area contributed by atoms with Crippen LogP contribution in [0.25, 0.3) is 0 Å². The van der Waals surface area contributed by atoms with Crippen LogP contribution in [0.1, 0.15) is 30.0 Å². The summed E-state index contributed by atoms with van der Waals surface area (Å²) in [6, 6.07) is 8.76. The molecule has 8 nitrogen and oxygen atoms in total. The summed E-state index contributed by atoms with van der Waals surface area (Å²) in [5.41, 5.74) is 2.48. The zero-order valence-electron chi connectivity index (χ0n) is 17.1. The summed E-state index contributed by atoms with van der Waals surface area (Å²) < 4.78 is 26.4. The van der Waals surface area contributed by atoms with Crippen molar-refractivity contribution in [2.24, 2.45) is 0 Å². The van der Waals surface area contributed by atoms with Gasteiger partial charge in [-0.1, -0.05) is 25.1 Å². The zero-order valence-corrected chi connectivity index (χ0v) is 17.9. The lowest BCUT2D eigenvalue weighted by Gasteiger charge is -2.31. The fourth-order valence-electron chi connectivity index (χ4n) is 3.16. The van der Waals surface area contributed by atoms with Gasteiger partial charge >= 0.3 is 0 Å². The Bertz CT molecular complexity index is 1050. The number of carbonyl (C=O) groups excluding carboxylic acids is 1. The number of aryl methyl sites for hydroxylation is 2. The van der Waals surface area contributed by atoms with Crippen molar-refractivity contribution in [2.75, 3.05) is 15.9 Å². The molecule has 0 saturated carbocycles. The smallest absolute Gasteiger partial charge is 0.274 e. The van der Waals surface area contributed by atoms with Gasteiger partial charge in [-0.25, -0.2) is 8.42 Å². The molecule has 0 heterocycles. The summed E-state index contributed by atoms with van der Waals surface area (Å²) >= 11 is 0. The Morgan fingerprint density at radius 3 is 2.41 bits per heavy atom. The van der Waals surface area contributed by atoms with Crippen molar-refractivity contribution in [3.05, 3.63) is 63.2 Å². The monoisotopic (exact) mass is 419 g/mol. The van der Waals surface area contributed by atoms with E-state index >= 15 is 0 Å². The largest absolute Gasteiger partial charge is 0.324 e. The summed E-state index contributed by atoms with van der Waals surface area (Å²) in [4.78, 5) is 23.7. The first-order chi connectivity index (χ1) is 13.5. The maximum Gasteiger partial charge on any atom is 0.274 e. The van der Waals surface area contributed by atoms with E-state index in [1.807, 2.05) is 13.0 Å². The highest BCUT2D eigenvalue weighted by Crippen LogP contribution is 2.29. The second-order valence-electron chi connectivity index (χ2n) is 6.97. The van der Waals surface area contributed by atoms with E-state index in [1.165, 1.54) is 19.1 Å². The molecule has 0 saturated heterocycles. The molecule has 0 radical (unpaired) electrons. The van der Waals surface area contributed by atoms with E-state index in [2.05, 4.69) is 5.32 Å². The normalized spacial score (nSPS) is 12.3. The molecule has 1 atom stereocenters. The number of carbonyl (C=O) groups is 1. The van der Waals surface area contributed by atoms with Gasteiger partial charge in [-0.3, -0.25) is 19.2 Å². The van der Waals surface area contributed by atoms with Crippen LogP contribution in [0, 0.1) is 30.9 Å². The van der Waals surface area contributed by atoms with E-state index < -0.39 is 26.9 Å². The number of nitrogens with zero attached hydrogens (tertiary/aromatic N) is 2. The average Bonchev–Trinajstić information content (AvgIpc) is 2.62. The molecule has 2 rings (SSSR count). The Kier molecular flexibility index (Phi) is 6.63. The third-order valence-corrected chi connectivity index (χ3v) is 5.86. The van der Waals surface area contributed by atoms with E-state index in [4.69, 9.17) is 0 Å². The number of benzene rings is 2. The Morgan fingerprint density at radius 2 is 1.86 bits per heavy atom. The van der Waals surface area contributed by atoms with Crippen molar-refractivity contribution in [1.82, 2.24) is 0 Å². The van der Waals surface area contributed by atoms with Crippen LogP contribution in [0.5, 0.6) is 0 Å². The van der Waals surface area contributed by atoms with E-state index in [-0.39, 0.29) is 17.8 Å².